The predicted octanol–water partition coefficient (Wildman–Crippen LogP) is 4.31. The Bertz CT molecular complexity index is 1130. The molecule has 1 saturated heterocycles. The van der Waals surface area contributed by atoms with Crippen molar-refractivity contribution in [2.24, 2.45) is 0 Å². The molecule has 2 aromatic carbocycles. The predicted molar refractivity (Wildman–Crippen MR) is 116 cm³/mol. The van der Waals surface area contributed by atoms with Gasteiger partial charge in [-0.05, 0) is 30.4 Å². The summed E-state index contributed by atoms with van der Waals surface area (Å²) in [5, 5.41) is 6.80. The van der Waals surface area contributed by atoms with E-state index in [1.807, 2.05) is 55.5 Å². The van der Waals surface area contributed by atoms with E-state index in [0.29, 0.717) is 5.82 Å². The molecule has 1 unspecified atom stereocenters. The van der Waals surface area contributed by atoms with Crippen LogP contribution in [0.15, 0.2) is 53.1 Å². The zero-order chi connectivity index (χ0) is 22.4. The van der Waals surface area contributed by atoms with Crippen LogP contribution >= 0.6 is 0 Å². The summed E-state index contributed by atoms with van der Waals surface area (Å²) in [7, 11) is 0. The molecule has 7 nitrogen and oxygen atoms in total. The number of nitrogens with one attached hydrogen (secondary N) is 1. The molecule has 31 heavy (non-hydrogen) atoms. The van der Waals surface area contributed by atoms with Crippen molar-refractivity contribution in [3.63, 3.8) is 0 Å². The molecule has 0 aliphatic carbocycles. The summed E-state index contributed by atoms with van der Waals surface area (Å²) in [6.45, 7) is 10.0. The minimum Gasteiger partial charge on any atom is -0.337 e. The lowest BCUT2D eigenvalue weighted by Crippen LogP contribution is -2.40. The van der Waals surface area contributed by atoms with Crippen LogP contribution in [0, 0.1) is 6.92 Å². The Morgan fingerprint density at radius 2 is 1.68 bits per heavy atom. The maximum absolute atomic E-state index is 13.2. The van der Waals surface area contributed by atoms with Crippen molar-refractivity contribution in [1.82, 2.24) is 20.4 Å². The van der Waals surface area contributed by atoms with E-state index in [1.165, 1.54) is 0 Å². The third-order valence-electron chi connectivity index (χ3n) is 5.67. The first kappa shape index (κ1) is 20.8. The smallest absolute Gasteiger partial charge is 0.325 e. The fourth-order valence-corrected chi connectivity index (χ4v) is 3.61. The Labute approximate surface area is 181 Å². The quantitative estimate of drug-likeness (QED) is 0.638. The molecular formula is C24H26N4O3. The highest BCUT2D eigenvalue weighted by Gasteiger charge is 2.49. The van der Waals surface area contributed by atoms with Crippen LogP contribution in [0.25, 0.3) is 11.4 Å². The summed E-state index contributed by atoms with van der Waals surface area (Å²) < 4.78 is 5.30. The molecule has 1 aromatic heterocycles. The highest BCUT2D eigenvalue weighted by atomic mass is 16.5. The van der Waals surface area contributed by atoms with Crippen LogP contribution in [-0.2, 0) is 22.3 Å². The molecule has 1 aliphatic heterocycles. The van der Waals surface area contributed by atoms with Crippen molar-refractivity contribution in [3.05, 3.63) is 71.1 Å². The average Bonchev–Trinajstić information content (AvgIpc) is 3.27. The number of amides is 3. The fraction of sp³-hybridized carbons (Fsp3) is 0.333. The van der Waals surface area contributed by atoms with Gasteiger partial charge >= 0.3 is 6.03 Å². The highest BCUT2D eigenvalue weighted by molar-refractivity contribution is 6.07. The van der Waals surface area contributed by atoms with Crippen molar-refractivity contribution in [3.8, 4) is 11.4 Å². The maximum Gasteiger partial charge on any atom is 0.325 e. The molecule has 160 valence electrons. The van der Waals surface area contributed by atoms with Gasteiger partial charge in [0.15, 0.2) is 0 Å². The molecule has 0 bridgehead atoms. The zero-order valence-electron chi connectivity index (χ0n) is 18.4. The average molecular weight is 418 g/mol. The normalized spacial score (nSPS) is 19.1. The minimum atomic E-state index is -1.15. The Hall–Kier alpha value is -3.48. The number of benzene rings is 2. The summed E-state index contributed by atoms with van der Waals surface area (Å²) in [4.78, 5) is 31.3. The highest BCUT2D eigenvalue weighted by Crippen LogP contribution is 2.32. The molecule has 2 heterocycles. The number of imide groups is 1. The van der Waals surface area contributed by atoms with Crippen LogP contribution < -0.4 is 5.32 Å². The molecule has 7 heteroatoms. The van der Waals surface area contributed by atoms with Crippen molar-refractivity contribution in [1.29, 1.82) is 0 Å². The van der Waals surface area contributed by atoms with Gasteiger partial charge in [0.25, 0.3) is 5.91 Å². The number of carbonyl (C=O) groups excluding carboxylic acids is 2. The van der Waals surface area contributed by atoms with E-state index in [9.17, 15) is 9.59 Å². The van der Waals surface area contributed by atoms with E-state index in [2.05, 4.69) is 36.2 Å². The molecular weight excluding hydrogens is 392 g/mol. The summed E-state index contributed by atoms with van der Waals surface area (Å²) in [6, 6.07) is 15.0. The lowest BCUT2D eigenvalue weighted by molar-refractivity contribution is -0.131. The summed E-state index contributed by atoms with van der Waals surface area (Å²) in [6.07, 6.45) is 0. The van der Waals surface area contributed by atoms with Gasteiger partial charge in [-0.3, -0.25) is 9.69 Å². The van der Waals surface area contributed by atoms with Gasteiger partial charge in [-0.2, -0.15) is 4.98 Å². The Morgan fingerprint density at radius 3 is 2.29 bits per heavy atom. The van der Waals surface area contributed by atoms with Gasteiger partial charge in [0.05, 0.1) is 0 Å². The van der Waals surface area contributed by atoms with E-state index in [-0.39, 0.29) is 23.8 Å². The van der Waals surface area contributed by atoms with E-state index < -0.39 is 11.6 Å². The van der Waals surface area contributed by atoms with Crippen molar-refractivity contribution in [2.45, 2.75) is 52.1 Å². The lowest BCUT2D eigenvalue weighted by atomic mass is 9.84. The molecule has 0 saturated carbocycles. The molecule has 1 N–H and O–H groups in total. The number of urea groups is 1. The monoisotopic (exact) mass is 418 g/mol. The third-order valence-corrected chi connectivity index (χ3v) is 5.67. The largest absolute Gasteiger partial charge is 0.337 e. The van der Waals surface area contributed by atoms with E-state index in [1.54, 1.807) is 6.92 Å². The van der Waals surface area contributed by atoms with Crippen LogP contribution in [0.4, 0.5) is 4.79 Å². The molecule has 1 atom stereocenters. The molecule has 3 aromatic rings. The molecule has 1 fully saturated rings. The molecule has 0 radical (unpaired) electrons. The van der Waals surface area contributed by atoms with Crippen molar-refractivity contribution >= 4 is 11.9 Å². The van der Waals surface area contributed by atoms with Gasteiger partial charge in [0.2, 0.25) is 11.7 Å². The number of aromatic nitrogens is 2. The Kier molecular flexibility index (Phi) is 4.92. The first-order valence-corrected chi connectivity index (χ1v) is 10.2. The zero-order valence-corrected chi connectivity index (χ0v) is 18.4. The molecule has 3 amide bonds. The maximum atomic E-state index is 13.2. The number of rotatable bonds is 4. The van der Waals surface area contributed by atoms with Crippen molar-refractivity contribution in [2.75, 3.05) is 0 Å². The second kappa shape index (κ2) is 7.34. The number of hydrogen-bond donors (Lipinski definition) is 1. The van der Waals surface area contributed by atoms with Crippen LogP contribution in [0.5, 0.6) is 0 Å². The lowest BCUT2D eigenvalue weighted by Gasteiger charge is -2.24. The Balaban J connectivity index is 1.54. The van der Waals surface area contributed by atoms with Gasteiger partial charge in [0, 0.05) is 5.56 Å². The standard InChI is InChI=1S/C24H26N4O3/c1-15-6-8-16(9-7-15)20-25-19(31-27-20)14-28-21(29)24(5,26-22(28)30)18-12-10-17(11-13-18)23(2,3)4/h6-13H,14H2,1-5H3,(H,26,30). The van der Waals surface area contributed by atoms with Crippen LogP contribution in [0.3, 0.4) is 0 Å². The number of hydrogen-bond acceptors (Lipinski definition) is 5. The van der Waals surface area contributed by atoms with E-state index >= 15 is 0 Å². The van der Waals surface area contributed by atoms with Gasteiger partial charge in [-0.25, -0.2) is 4.79 Å². The molecule has 4 rings (SSSR count). The minimum absolute atomic E-state index is 0.00150. The second-order valence-electron chi connectivity index (χ2n) is 9.15. The second-order valence-corrected chi connectivity index (χ2v) is 9.15. The van der Waals surface area contributed by atoms with Gasteiger partial charge in [-0.15, -0.1) is 0 Å². The number of nitrogens with zero attached hydrogens (tertiary/aromatic N) is 3. The first-order chi connectivity index (χ1) is 14.6. The SMILES string of the molecule is Cc1ccc(-c2noc(CN3C(=O)NC(C)(c4ccc(C(C)(C)C)cc4)C3=O)n2)cc1. The third kappa shape index (κ3) is 3.83. The Morgan fingerprint density at radius 1 is 1.03 bits per heavy atom. The van der Waals surface area contributed by atoms with Gasteiger partial charge in [0.1, 0.15) is 12.1 Å². The molecule has 1 aliphatic rings. The number of carbonyl (C=O) groups is 2. The topological polar surface area (TPSA) is 88.3 Å². The van der Waals surface area contributed by atoms with Crippen LogP contribution in [0.2, 0.25) is 0 Å². The van der Waals surface area contributed by atoms with Gasteiger partial charge < -0.3 is 9.84 Å². The summed E-state index contributed by atoms with van der Waals surface area (Å²) in [5.41, 5.74) is 2.67. The number of aryl methyl sites for hydroxylation is 1. The summed E-state index contributed by atoms with van der Waals surface area (Å²) in [5.74, 6) is 0.269. The van der Waals surface area contributed by atoms with Crippen LogP contribution in [-0.4, -0.2) is 27.0 Å². The van der Waals surface area contributed by atoms with E-state index in [0.717, 1.165) is 27.2 Å². The first-order valence-electron chi connectivity index (χ1n) is 10.2. The van der Waals surface area contributed by atoms with Gasteiger partial charge in [-0.1, -0.05) is 80.0 Å². The van der Waals surface area contributed by atoms with E-state index in [4.69, 9.17) is 4.52 Å². The van der Waals surface area contributed by atoms with Crippen LogP contribution in [0.1, 0.15) is 50.3 Å². The summed E-state index contributed by atoms with van der Waals surface area (Å²) >= 11 is 0. The molecule has 0 spiro atoms. The van der Waals surface area contributed by atoms with Crippen molar-refractivity contribution < 1.29 is 14.1 Å². The fourth-order valence-electron chi connectivity index (χ4n) is 3.61.